The Morgan fingerprint density at radius 3 is 2.57 bits per heavy atom. The highest BCUT2D eigenvalue weighted by Gasteiger charge is 2.11. The van der Waals surface area contributed by atoms with Gasteiger partial charge in [-0.25, -0.2) is 15.0 Å². The maximum absolute atomic E-state index is 11.8. The first-order valence-corrected chi connectivity index (χ1v) is 9.01. The van der Waals surface area contributed by atoms with E-state index in [1.165, 1.54) is 6.21 Å². The van der Waals surface area contributed by atoms with E-state index in [1.807, 2.05) is 12.1 Å². The molecule has 1 aromatic heterocycles. The number of nitrogens with zero attached hydrogens (tertiary/aromatic N) is 1. The lowest BCUT2D eigenvalue weighted by molar-refractivity contribution is 0.0696. The van der Waals surface area contributed by atoms with Gasteiger partial charge in [-0.2, -0.15) is 5.10 Å². The average Bonchev–Trinajstić information content (AvgIpc) is 3.12. The molecule has 0 bridgehead atoms. The molecule has 0 aliphatic heterocycles. The number of hydrazone groups is 1. The number of carbonyl (C=O) groups is 2. The van der Waals surface area contributed by atoms with Gasteiger partial charge in [0.05, 0.1) is 11.8 Å². The van der Waals surface area contributed by atoms with Crippen LogP contribution in [0.15, 0.2) is 68.6 Å². The van der Waals surface area contributed by atoms with Crippen LogP contribution in [0.3, 0.4) is 0 Å². The van der Waals surface area contributed by atoms with Crippen LogP contribution in [-0.2, 0) is 0 Å². The summed E-state index contributed by atoms with van der Waals surface area (Å²) in [4.78, 5) is 23.1. The van der Waals surface area contributed by atoms with Gasteiger partial charge < -0.3 is 14.8 Å². The zero-order chi connectivity index (χ0) is 20.1. The van der Waals surface area contributed by atoms with Crippen molar-refractivity contribution in [3.63, 3.8) is 0 Å². The second-order valence-electron chi connectivity index (χ2n) is 5.87. The molecule has 0 aliphatic rings. The minimum atomic E-state index is -0.992. The number of furan rings is 1. The minimum absolute atomic E-state index is 0.218. The highest BCUT2D eigenvalue weighted by molar-refractivity contribution is 9.10. The van der Waals surface area contributed by atoms with Gasteiger partial charge in [0.15, 0.2) is 0 Å². The quantitative estimate of drug-likeness (QED) is 0.387. The molecule has 8 heteroatoms. The molecule has 0 radical (unpaired) electrons. The molecule has 28 heavy (non-hydrogen) atoms. The Balaban J connectivity index is 1.62. The number of hydrogen-bond acceptors (Lipinski definition) is 4. The van der Waals surface area contributed by atoms with Crippen LogP contribution in [0, 0.1) is 6.92 Å². The summed E-state index contributed by atoms with van der Waals surface area (Å²) < 4.78 is 6.55. The van der Waals surface area contributed by atoms with Gasteiger partial charge in [-0.3, -0.25) is 0 Å². The molecule has 2 amide bonds. The van der Waals surface area contributed by atoms with Crippen LogP contribution < -0.4 is 10.7 Å². The number of anilines is 1. The Hall–Kier alpha value is -3.39. The molecule has 0 spiro atoms. The monoisotopic (exact) mass is 441 g/mol. The average molecular weight is 442 g/mol. The summed E-state index contributed by atoms with van der Waals surface area (Å²) in [7, 11) is 0. The third kappa shape index (κ3) is 4.86. The molecule has 0 saturated heterocycles. The van der Waals surface area contributed by atoms with Crippen molar-refractivity contribution in [2.24, 2.45) is 5.10 Å². The number of amides is 2. The molecule has 0 unspecified atom stereocenters. The number of urea groups is 1. The molecule has 2 aromatic carbocycles. The van der Waals surface area contributed by atoms with Gasteiger partial charge in [0.25, 0.3) is 0 Å². The van der Waals surface area contributed by atoms with E-state index in [2.05, 4.69) is 31.8 Å². The van der Waals surface area contributed by atoms with Crippen molar-refractivity contribution in [3.8, 4) is 11.3 Å². The number of hydrogen-bond donors (Lipinski definition) is 3. The topological polar surface area (TPSA) is 104 Å². The first-order chi connectivity index (χ1) is 13.4. The number of aryl methyl sites for hydroxylation is 1. The van der Waals surface area contributed by atoms with Crippen molar-refractivity contribution < 1.29 is 19.1 Å². The number of carbonyl (C=O) groups excluding carboxylic acids is 1. The predicted molar refractivity (Wildman–Crippen MR) is 110 cm³/mol. The Morgan fingerprint density at radius 1 is 1.11 bits per heavy atom. The van der Waals surface area contributed by atoms with Gasteiger partial charge in [-0.15, -0.1) is 0 Å². The van der Waals surface area contributed by atoms with E-state index in [-0.39, 0.29) is 5.56 Å². The molecule has 142 valence electrons. The summed E-state index contributed by atoms with van der Waals surface area (Å²) in [6, 6.07) is 15.1. The Morgan fingerprint density at radius 2 is 1.86 bits per heavy atom. The van der Waals surface area contributed by atoms with E-state index in [1.54, 1.807) is 49.4 Å². The summed E-state index contributed by atoms with van der Waals surface area (Å²) in [5, 5.41) is 15.7. The lowest BCUT2D eigenvalue weighted by Crippen LogP contribution is -2.24. The Bertz CT molecular complexity index is 1040. The third-order valence-electron chi connectivity index (χ3n) is 3.84. The van der Waals surface area contributed by atoms with E-state index in [0.29, 0.717) is 28.3 Å². The van der Waals surface area contributed by atoms with Crippen molar-refractivity contribution >= 4 is 39.8 Å². The summed E-state index contributed by atoms with van der Waals surface area (Å²) in [6.45, 7) is 1.73. The fraction of sp³-hybridized carbons (Fsp3) is 0.0500. The molecule has 7 nitrogen and oxygen atoms in total. The summed E-state index contributed by atoms with van der Waals surface area (Å²) in [5.41, 5.74) is 4.51. The molecule has 3 rings (SSSR count). The summed E-state index contributed by atoms with van der Waals surface area (Å²) >= 11 is 3.32. The molecule has 0 aliphatic carbocycles. The zero-order valence-electron chi connectivity index (χ0n) is 14.8. The number of carboxylic acids is 1. The number of nitrogens with one attached hydrogen (secondary N) is 2. The standard InChI is InChI=1S/C20H16BrN3O4/c1-12-2-3-13(10-17(12)19(25)26)18-9-8-16(28-18)11-22-24-20(27)23-15-6-4-14(21)5-7-15/h2-11H,1H3,(H,25,26)(H2,23,24,27)/b22-11+. The van der Waals surface area contributed by atoms with Gasteiger partial charge in [0.2, 0.25) is 0 Å². The highest BCUT2D eigenvalue weighted by atomic mass is 79.9. The van der Waals surface area contributed by atoms with E-state index in [9.17, 15) is 14.7 Å². The van der Waals surface area contributed by atoms with Crippen LogP contribution in [0.4, 0.5) is 10.5 Å². The molecule has 3 N–H and O–H groups in total. The molecular formula is C20H16BrN3O4. The lowest BCUT2D eigenvalue weighted by atomic mass is 10.0. The van der Waals surface area contributed by atoms with Crippen molar-refractivity contribution in [1.29, 1.82) is 0 Å². The van der Waals surface area contributed by atoms with Gasteiger partial charge in [0.1, 0.15) is 11.5 Å². The highest BCUT2D eigenvalue weighted by Crippen LogP contribution is 2.24. The van der Waals surface area contributed by atoms with E-state index >= 15 is 0 Å². The van der Waals surface area contributed by atoms with Crippen molar-refractivity contribution in [3.05, 3.63) is 76.0 Å². The zero-order valence-corrected chi connectivity index (χ0v) is 16.4. The van der Waals surface area contributed by atoms with Gasteiger partial charge >= 0.3 is 12.0 Å². The number of carboxylic acid groups (broad SMARTS) is 1. The predicted octanol–water partition coefficient (Wildman–Crippen LogP) is 4.87. The first kappa shape index (κ1) is 19.4. The molecular weight excluding hydrogens is 426 g/mol. The van der Waals surface area contributed by atoms with Crippen molar-refractivity contribution in [1.82, 2.24) is 5.43 Å². The normalized spacial score (nSPS) is 10.8. The number of rotatable bonds is 5. The minimum Gasteiger partial charge on any atom is -0.478 e. The second kappa shape index (κ2) is 8.53. The fourth-order valence-corrected chi connectivity index (χ4v) is 2.69. The van der Waals surface area contributed by atoms with E-state index < -0.39 is 12.0 Å². The fourth-order valence-electron chi connectivity index (χ4n) is 2.43. The maximum atomic E-state index is 11.8. The Labute approximate surface area is 169 Å². The molecule has 0 atom stereocenters. The maximum Gasteiger partial charge on any atom is 0.339 e. The second-order valence-corrected chi connectivity index (χ2v) is 6.78. The van der Waals surface area contributed by atoms with Crippen molar-refractivity contribution in [2.45, 2.75) is 6.92 Å². The summed E-state index contributed by atoms with van der Waals surface area (Å²) in [5.74, 6) is -0.0756. The van der Waals surface area contributed by atoms with Crippen LogP contribution in [0.2, 0.25) is 0 Å². The summed E-state index contributed by atoms with van der Waals surface area (Å²) in [6.07, 6.45) is 1.36. The van der Waals surface area contributed by atoms with Crippen LogP contribution in [0.1, 0.15) is 21.7 Å². The lowest BCUT2D eigenvalue weighted by Gasteiger charge is -2.03. The van der Waals surface area contributed by atoms with Crippen LogP contribution in [-0.4, -0.2) is 23.3 Å². The largest absolute Gasteiger partial charge is 0.478 e. The van der Waals surface area contributed by atoms with E-state index in [0.717, 1.165) is 4.47 Å². The van der Waals surface area contributed by atoms with Crippen molar-refractivity contribution in [2.75, 3.05) is 5.32 Å². The molecule has 3 aromatic rings. The van der Waals surface area contributed by atoms with Gasteiger partial charge in [0, 0.05) is 15.7 Å². The first-order valence-electron chi connectivity index (χ1n) is 8.22. The van der Waals surface area contributed by atoms with Crippen LogP contribution in [0.5, 0.6) is 0 Å². The van der Waals surface area contributed by atoms with Gasteiger partial charge in [-0.05, 0) is 55.0 Å². The van der Waals surface area contributed by atoms with Crippen LogP contribution in [0.25, 0.3) is 11.3 Å². The molecule has 1 heterocycles. The Kier molecular flexibility index (Phi) is 5.90. The molecule has 0 fully saturated rings. The van der Waals surface area contributed by atoms with E-state index in [4.69, 9.17) is 4.42 Å². The number of halogens is 1. The smallest absolute Gasteiger partial charge is 0.339 e. The SMILES string of the molecule is Cc1ccc(-c2ccc(/C=N/NC(=O)Nc3ccc(Br)cc3)o2)cc1C(=O)O. The number of benzene rings is 2. The molecule has 0 saturated carbocycles. The third-order valence-corrected chi connectivity index (χ3v) is 4.37. The van der Waals surface area contributed by atoms with Crippen LogP contribution >= 0.6 is 15.9 Å². The van der Waals surface area contributed by atoms with Gasteiger partial charge in [-0.1, -0.05) is 28.1 Å². The number of aromatic carboxylic acids is 1.